The van der Waals surface area contributed by atoms with E-state index in [9.17, 15) is 4.79 Å². The lowest BCUT2D eigenvalue weighted by Gasteiger charge is -2.15. The van der Waals surface area contributed by atoms with Crippen LogP contribution >= 0.6 is 0 Å². The summed E-state index contributed by atoms with van der Waals surface area (Å²) in [7, 11) is 0. The summed E-state index contributed by atoms with van der Waals surface area (Å²) in [5, 5.41) is 3.88. The van der Waals surface area contributed by atoms with Crippen molar-refractivity contribution in [3.8, 4) is 0 Å². The third-order valence-electron chi connectivity index (χ3n) is 4.27. The van der Waals surface area contributed by atoms with E-state index in [-0.39, 0.29) is 11.9 Å². The van der Waals surface area contributed by atoms with Crippen molar-refractivity contribution in [1.82, 2.24) is 20.3 Å². The summed E-state index contributed by atoms with van der Waals surface area (Å²) in [4.78, 5) is 25.5. The van der Waals surface area contributed by atoms with Gasteiger partial charge in [0, 0.05) is 17.3 Å². The molecule has 0 radical (unpaired) electrons. The fourth-order valence-corrected chi connectivity index (χ4v) is 2.75. The second-order valence-electron chi connectivity index (χ2n) is 6.04. The Labute approximate surface area is 141 Å². The summed E-state index contributed by atoms with van der Waals surface area (Å²) in [6.45, 7) is 7.91. The molecular weight excluding hydrogens is 300 g/mol. The summed E-state index contributed by atoms with van der Waals surface area (Å²) in [5.74, 6) is -0.125. The number of nitrogens with zero attached hydrogens (tertiary/aromatic N) is 3. The molecule has 0 spiro atoms. The first kappa shape index (κ1) is 16.1. The molecule has 122 valence electrons. The first-order valence-electron chi connectivity index (χ1n) is 7.91. The van der Waals surface area contributed by atoms with Gasteiger partial charge < -0.3 is 5.32 Å². The van der Waals surface area contributed by atoms with Gasteiger partial charge in [0.15, 0.2) is 0 Å². The molecule has 1 atom stereocenters. The lowest BCUT2D eigenvalue weighted by Crippen LogP contribution is -2.27. The zero-order valence-electron chi connectivity index (χ0n) is 14.3. The number of aromatic nitrogens is 3. The number of amides is 1. The molecule has 0 fully saturated rings. The van der Waals surface area contributed by atoms with E-state index in [1.165, 1.54) is 11.9 Å². The predicted molar refractivity (Wildman–Crippen MR) is 93.9 cm³/mol. The molecule has 24 heavy (non-hydrogen) atoms. The number of rotatable bonds is 3. The highest BCUT2D eigenvalue weighted by Gasteiger charge is 2.17. The zero-order chi connectivity index (χ0) is 17.3. The molecule has 0 bridgehead atoms. The van der Waals surface area contributed by atoms with E-state index in [1.54, 1.807) is 12.3 Å². The summed E-state index contributed by atoms with van der Waals surface area (Å²) in [6, 6.07) is 7.43. The third-order valence-corrected chi connectivity index (χ3v) is 4.27. The van der Waals surface area contributed by atoms with E-state index < -0.39 is 0 Å². The minimum absolute atomic E-state index is 0.125. The third kappa shape index (κ3) is 2.97. The van der Waals surface area contributed by atoms with Gasteiger partial charge in [-0.05, 0) is 51.0 Å². The number of carbonyl (C=O) groups is 1. The van der Waals surface area contributed by atoms with Gasteiger partial charge in [-0.15, -0.1) is 0 Å². The number of fused-ring (bicyclic) bond motifs is 1. The molecule has 0 saturated heterocycles. The van der Waals surface area contributed by atoms with Crippen LogP contribution in [0.25, 0.3) is 10.9 Å². The Morgan fingerprint density at radius 2 is 1.96 bits per heavy atom. The fourth-order valence-electron chi connectivity index (χ4n) is 2.75. The maximum Gasteiger partial charge on any atom is 0.252 e. The van der Waals surface area contributed by atoms with E-state index in [0.717, 1.165) is 27.9 Å². The molecule has 5 heteroatoms. The standard InChI is InChI=1S/C19H20N4O/c1-11-5-6-15-16(9-12(2)22-18(15)13(11)3)19(24)23-14(4)17-7-8-20-10-21-17/h5-10,14H,1-4H3,(H,23,24)/t14-/m0/s1. The van der Waals surface area contributed by atoms with Gasteiger partial charge in [-0.3, -0.25) is 9.78 Å². The van der Waals surface area contributed by atoms with Crippen LogP contribution in [-0.4, -0.2) is 20.9 Å². The van der Waals surface area contributed by atoms with Gasteiger partial charge in [0.25, 0.3) is 5.91 Å². The van der Waals surface area contributed by atoms with Crippen molar-refractivity contribution in [3.05, 3.63) is 64.9 Å². The van der Waals surface area contributed by atoms with Crippen molar-refractivity contribution in [1.29, 1.82) is 0 Å². The molecule has 0 unspecified atom stereocenters. The van der Waals surface area contributed by atoms with E-state index >= 15 is 0 Å². The van der Waals surface area contributed by atoms with E-state index in [2.05, 4.69) is 27.2 Å². The van der Waals surface area contributed by atoms with Crippen LogP contribution in [0.5, 0.6) is 0 Å². The number of hydrogen-bond donors (Lipinski definition) is 1. The summed E-state index contributed by atoms with van der Waals surface area (Å²) >= 11 is 0. The second kappa shape index (κ2) is 6.35. The second-order valence-corrected chi connectivity index (χ2v) is 6.04. The fraction of sp³-hybridized carbons (Fsp3) is 0.263. The highest BCUT2D eigenvalue weighted by Crippen LogP contribution is 2.24. The first-order valence-corrected chi connectivity index (χ1v) is 7.91. The number of aryl methyl sites for hydroxylation is 3. The first-order chi connectivity index (χ1) is 11.5. The van der Waals surface area contributed by atoms with Crippen LogP contribution in [0.1, 0.15) is 45.8 Å². The van der Waals surface area contributed by atoms with Crippen LogP contribution in [0.3, 0.4) is 0 Å². The Morgan fingerprint density at radius 3 is 2.67 bits per heavy atom. The lowest BCUT2D eigenvalue weighted by atomic mass is 10.0. The minimum atomic E-state index is -0.199. The van der Waals surface area contributed by atoms with Crippen LogP contribution < -0.4 is 5.32 Å². The van der Waals surface area contributed by atoms with Crippen LogP contribution in [-0.2, 0) is 0 Å². The Hall–Kier alpha value is -2.82. The van der Waals surface area contributed by atoms with Crippen molar-refractivity contribution >= 4 is 16.8 Å². The Balaban J connectivity index is 2.00. The van der Waals surface area contributed by atoms with E-state index in [1.807, 2.05) is 39.0 Å². The van der Waals surface area contributed by atoms with Crippen molar-refractivity contribution in [2.45, 2.75) is 33.7 Å². The average molecular weight is 320 g/mol. The Bertz CT molecular complexity index is 906. The van der Waals surface area contributed by atoms with Crippen molar-refractivity contribution in [3.63, 3.8) is 0 Å². The van der Waals surface area contributed by atoms with Gasteiger partial charge in [0.1, 0.15) is 6.33 Å². The average Bonchev–Trinajstić information content (AvgIpc) is 2.58. The molecule has 1 N–H and O–H groups in total. The number of carbonyl (C=O) groups excluding carboxylic acids is 1. The molecule has 2 heterocycles. The summed E-state index contributed by atoms with van der Waals surface area (Å²) < 4.78 is 0. The van der Waals surface area contributed by atoms with Gasteiger partial charge in [-0.1, -0.05) is 12.1 Å². The SMILES string of the molecule is Cc1cc(C(=O)N[C@@H](C)c2ccncn2)c2ccc(C)c(C)c2n1. The molecule has 1 amide bonds. The monoisotopic (exact) mass is 320 g/mol. The van der Waals surface area contributed by atoms with Crippen LogP contribution in [0, 0.1) is 20.8 Å². The van der Waals surface area contributed by atoms with Crippen molar-refractivity contribution < 1.29 is 4.79 Å². The smallest absolute Gasteiger partial charge is 0.252 e. The highest BCUT2D eigenvalue weighted by molar-refractivity contribution is 6.07. The van der Waals surface area contributed by atoms with Gasteiger partial charge >= 0.3 is 0 Å². The molecule has 1 aromatic carbocycles. The normalized spacial score (nSPS) is 12.2. The van der Waals surface area contributed by atoms with E-state index in [0.29, 0.717) is 5.56 Å². The molecule has 3 rings (SSSR count). The molecule has 5 nitrogen and oxygen atoms in total. The molecule has 3 aromatic rings. The van der Waals surface area contributed by atoms with Gasteiger partial charge in [-0.2, -0.15) is 0 Å². The lowest BCUT2D eigenvalue weighted by molar-refractivity contribution is 0.0940. The topological polar surface area (TPSA) is 67.8 Å². The van der Waals surface area contributed by atoms with Gasteiger partial charge in [0.2, 0.25) is 0 Å². The highest BCUT2D eigenvalue weighted by atomic mass is 16.1. The molecular formula is C19H20N4O. The Morgan fingerprint density at radius 1 is 1.17 bits per heavy atom. The predicted octanol–water partition coefficient (Wildman–Crippen LogP) is 3.44. The molecule has 2 aromatic heterocycles. The van der Waals surface area contributed by atoms with Crippen LogP contribution in [0.2, 0.25) is 0 Å². The molecule has 0 saturated carbocycles. The zero-order valence-corrected chi connectivity index (χ0v) is 14.3. The number of nitrogens with one attached hydrogen (secondary N) is 1. The molecule has 0 aliphatic carbocycles. The van der Waals surface area contributed by atoms with Gasteiger partial charge in [-0.25, -0.2) is 9.97 Å². The maximum atomic E-state index is 12.8. The maximum absolute atomic E-state index is 12.8. The van der Waals surface area contributed by atoms with Gasteiger partial charge in [0.05, 0.1) is 22.8 Å². The largest absolute Gasteiger partial charge is 0.344 e. The molecule has 0 aliphatic heterocycles. The van der Waals surface area contributed by atoms with Crippen LogP contribution in [0.4, 0.5) is 0 Å². The summed E-state index contributed by atoms with van der Waals surface area (Å²) in [6.07, 6.45) is 3.15. The number of benzene rings is 1. The number of hydrogen-bond acceptors (Lipinski definition) is 4. The quantitative estimate of drug-likeness (QED) is 0.802. The van der Waals surface area contributed by atoms with Crippen LogP contribution in [0.15, 0.2) is 36.8 Å². The Kier molecular flexibility index (Phi) is 4.25. The molecule has 0 aliphatic rings. The minimum Gasteiger partial charge on any atom is -0.344 e. The summed E-state index contributed by atoms with van der Waals surface area (Å²) in [5.41, 5.74) is 5.41. The van der Waals surface area contributed by atoms with Crippen molar-refractivity contribution in [2.75, 3.05) is 0 Å². The number of pyridine rings is 1. The van der Waals surface area contributed by atoms with Crippen molar-refractivity contribution in [2.24, 2.45) is 0 Å². The van der Waals surface area contributed by atoms with E-state index in [4.69, 9.17) is 0 Å².